The van der Waals surface area contributed by atoms with Crippen LogP contribution in [-0.4, -0.2) is 9.78 Å². The molecule has 2 rings (SSSR count). The van der Waals surface area contributed by atoms with Gasteiger partial charge in [-0.2, -0.15) is 0 Å². The summed E-state index contributed by atoms with van der Waals surface area (Å²) in [6.07, 6.45) is 0. The lowest BCUT2D eigenvalue weighted by Gasteiger charge is -2.04. The van der Waals surface area contributed by atoms with E-state index in [0.717, 1.165) is 21.4 Å². The number of rotatable bonds is 2. The lowest BCUT2D eigenvalue weighted by Crippen LogP contribution is -2.19. The number of nitrogens with one attached hydrogen (secondary N) is 1. The lowest BCUT2D eigenvalue weighted by atomic mass is 10.2. The molecule has 0 radical (unpaired) electrons. The van der Waals surface area contributed by atoms with E-state index in [9.17, 15) is 4.79 Å². The smallest absolute Gasteiger partial charge is 0.275 e. The van der Waals surface area contributed by atoms with Gasteiger partial charge in [0.15, 0.2) is 0 Å². The molecule has 5 heteroatoms. The molecule has 0 aliphatic carbocycles. The van der Waals surface area contributed by atoms with Gasteiger partial charge in [0, 0.05) is 16.7 Å². The topological polar surface area (TPSA) is 63.8 Å². The summed E-state index contributed by atoms with van der Waals surface area (Å²) in [5.74, 6) is 0. The van der Waals surface area contributed by atoms with E-state index in [4.69, 9.17) is 5.73 Å². The summed E-state index contributed by atoms with van der Waals surface area (Å²) < 4.78 is 2.49. The molecule has 0 aliphatic heterocycles. The Morgan fingerprint density at radius 1 is 1.41 bits per heavy atom. The van der Waals surface area contributed by atoms with Gasteiger partial charge in [-0.3, -0.25) is 9.89 Å². The van der Waals surface area contributed by atoms with Gasteiger partial charge in [-0.15, -0.1) is 0 Å². The van der Waals surface area contributed by atoms with E-state index in [1.165, 1.54) is 4.68 Å². The number of aromatic amines is 1. The van der Waals surface area contributed by atoms with E-state index in [-0.39, 0.29) is 12.1 Å². The third-order valence-corrected chi connectivity index (χ3v) is 3.67. The van der Waals surface area contributed by atoms with Gasteiger partial charge in [-0.05, 0) is 31.5 Å². The first kappa shape index (κ1) is 12.1. The van der Waals surface area contributed by atoms with Crippen molar-refractivity contribution >= 4 is 15.9 Å². The summed E-state index contributed by atoms with van der Waals surface area (Å²) in [6.45, 7) is 4.10. The summed E-state index contributed by atoms with van der Waals surface area (Å²) in [5.41, 5.74) is 8.84. The lowest BCUT2D eigenvalue weighted by molar-refractivity contribution is 0.833. The van der Waals surface area contributed by atoms with Crippen LogP contribution in [0.25, 0.3) is 5.69 Å². The Hall–Kier alpha value is -1.33. The number of aromatic nitrogens is 2. The third kappa shape index (κ3) is 2.08. The van der Waals surface area contributed by atoms with Gasteiger partial charge in [-0.1, -0.05) is 22.0 Å². The van der Waals surface area contributed by atoms with Crippen LogP contribution in [0.5, 0.6) is 0 Å². The summed E-state index contributed by atoms with van der Waals surface area (Å²) in [7, 11) is 0. The van der Waals surface area contributed by atoms with Crippen LogP contribution in [-0.2, 0) is 6.54 Å². The molecule has 0 saturated heterocycles. The monoisotopic (exact) mass is 295 g/mol. The van der Waals surface area contributed by atoms with E-state index >= 15 is 0 Å². The van der Waals surface area contributed by atoms with Gasteiger partial charge < -0.3 is 5.73 Å². The highest BCUT2D eigenvalue weighted by Gasteiger charge is 2.11. The molecule has 1 aromatic heterocycles. The van der Waals surface area contributed by atoms with Crippen molar-refractivity contribution in [1.29, 1.82) is 0 Å². The number of halogens is 1. The molecule has 90 valence electrons. The van der Waals surface area contributed by atoms with Gasteiger partial charge in [0.2, 0.25) is 0 Å². The van der Waals surface area contributed by atoms with Crippen molar-refractivity contribution in [3.63, 3.8) is 0 Å². The Labute approximate surface area is 108 Å². The highest BCUT2D eigenvalue weighted by Crippen LogP contribution is 2.19. The van der Waals surface area contributed by atoms with Crippen LogP contribution in [0.4, 0.5) is 0 Å². The molecule has 0 fully saturated rings. The van der Waals surface area contributed by atoms with Gasteiger partial charge >= 0.3 is 0 Å². The standard InChI is InChI=1S/C12H14BrN3O/c1-7-3-4-9(5-11(7)13)16-12(17)10(6-14)8(2)15-16/h3-5,15H,6,14H2,1-2H3. The highest BCUT2D eigenvalue weighted by atomic mass is 79.9. The van der Waals surface area contributed by atoms with Crippen molar-refractivity contribution in [1.82, 2.24) is 9.78 Å². The second-order valence-electron chi connectivity index (χ2n) is 3.99. The van der Waals surface area contributed by atoms with Crippen molar-refractivity contribution in [3.05, 3.63) is 49.8 Å². The predicted molar refractivity (Wildman–Crippen MR) is 71.5 cm³/mol. The molecule has 17 heavy (non-hydrogen) atoms. The maximum Gasteiger partial charge on any atom is 0.275 e. The zero-order chi connectivity index (χ0) is 12.6. The average molecular weight is 296 g/mol. The Bertz CT molecular complexity index is 613. The molecule has 0 saturated carbocycles. The Morgan fingerprint density at radius 3 is 2.65 bits per heavy atom. The number of H-pyrrole nitrogens is 1. The van der Waals surface area contributed by atoms with Crippen LogP contribution >= 0.6 is 15.9 Å². The van der Waals surface area contributed by atoms with E-state index in [1.807, 2.05) is 32.0 Å². The van der Waals surface area contributed by atoms with Crippen molar-refractivity contribution in [2.45, 2.75) is 20.4 Å². The minimum absolute atomic E-state index is 0.0826. The molecule has 4 nitrogen and oxygen atoms in total. The SMILES string of the molecule is Cc1ccc(-n2[nH]c(C)c(CN)c2=O)cc1Br. The molecule has 2 aromatic rings. The Balaban J connectivity index is 2.61. The fraction of sp³-hybridized carbons (Fsp3) is 0.250. The summed E-state index contributed by atoms with van der Waals surface area (Å²) in [6, 6.07) is 5.77. The minimum atomic E-state index is -0.0826. The zero-order valence-electron chi connectivity index (χ0n) is 9.75. The number of hydrogen-bond donors (Lipinski definition) is 2. The summed E-state index contributed by atoms with van der Waals surface area (Å²) in [5, 5.41) is 3.03. The molecule has 0 atom stereocenters. The largest absolute Gasteiger partial charge is 0.326 e. The number of nitrogens with zero attached hydrogens (tertiary/aromatic N) is 1. The summed E-state index contributed by atoms with van der Waals surface area (Å²) >= 11 is 3.46. The number of nitrogens with two attached hydrogens (primary N) is 1. The molecule has 0 aliphatic rings. The average Bonchev–Trinajstić information content (AvgIpc) is 2.58. The van der Waals surface area contributed by atoms with Crippen LogP contribution in [0.3, 0.4) is 0 Å². The predicted octanol–water partition coefficient (Wildman–Crippen LogP) is 2.00. The van der Waals surface area contributed by atoms with Gasteiger partial charge in [0.05, 0.1) is 11.3 Å². The van der Waals surface area contributed by atoms with Gasteiger partial charge in [0.1, 0.15) is 0 Å². The highest BCUT2D eigenvalue weighted by molar-refractivity contribution is 9.10. The molecule has 0 spiro atoms. The molecule has 1 aromatic carbocycles. The van der Waals surface area contributed by atoms with Crippen LogP contribution in [0.1, 0.15) is 16.8 Å². The first-order valence-electron chi connectivity index (χ1n) is 5.31. The molecule has 0 unspecified atom stereocenters. The van der Waals surface area contributed by atoms with Gasteiger partial charge in [0.25, 0.3) is 5.56 Å². The van der Waals surface area contributed by atoms with E-state index in [2.05, 4.69) is 21.0 Å². The normalized spacial score (nSPS) is 10.8. The molecular formula is C12H14BrN3O. The van der Waals surface area contributed by atoms with E-state index in [0.29, 0.717) is 5.56 Å². The first-order valence-corrected chi connectivity index (χ1v) is 6.11. The molecule has 1 heterocycles. The van der Waals surface area contributed by atoms with Crippen LogP contribution in [0, 0.1) is 13.8 Å². The second kappa shape index (κ2) is 4.50. The van der Waals surface area contributed by atoms with Crippen molar-refractivity contribution in [2.24, 2.45) is 5.73 Å². The van der Waals surface area contributed by atoms with Crippen LogP contribution in [0.15, 0.2) is 27.5 Å². The quantitative estimate of drug-likeness (QED) is 0.890. The number of hydrogen-bond acceptors (Lipinski definition) is 2. The molecular weight excluding hydrogens is 282 g/mol. The fourth-order valence-electron chi connectivity index (χ4n) is 1.72. The van der Waals surface area contributed by atoms with Crippen LogP contribution in [0.2, 0.25) is 0 Å². The van der Waals surface area contributed by atoms with Crippen molar-refractivity contribution in [2.75, 3.05) is 0 Å². The molecule has 3 N–H and O–H groups in total. The fourth-order valence-corrected chi connectivity index (χ4v) is 2.09. The van der Waals surface area contributed by atoms with Gasteiger partial charge in [-0.25, -0.2) is 4.68 Å². The van der Waals surface area contributed by atoms with E-state index < -0.39 is 0 Å². The molecule has 0 bridgehead atoms. The number of benzene rings is 1. The third-order valence-electron chi connectivity index (χ3n) is 2.81. The zero-order valence-corrected chi connectivity index (χ0v) is 11.3. The Kier molecular flexibility index (Phi) is 3.22. The maximum absolute atomic E-state index is 12.1. The van der Waals surface area contributed by atoms with Crippen LogP contribution < -0.4 is 11.3 Å². The molecule has 0 amide bonds. The minimum Gasteiger partial charge on any atom is -0.326 e. The Morgan fingerprint density at radius 2 is 2.12 bits per heavy atom. The van der Waals surface area contributed by atoms with Crippen molar-refractivity contribution < 1.29 is 0 Å². The second-order valence-corrected chi connectivity index (χ2v) is 4.85. The van der Waals surface area contributed by atoms with Crippen molar-refractivity contribution in [3.8, 4) is 5.69 Å². The number of aryl methyl sites for hydroxylation is 2. The maximum atomic E-state index is 12.1. The summed E-state index contributed by atoms with van der Waals surface area (Å²) in [4.78, 5) is 12.1. The van der Waals surface area contributed by atoms with E-state index in [1.54, 1.807) is 0 Å². The first-order chi connectivity index (χ1) is 8.04.